The Hall–Kier alpha value is -3.33. The first-order chi connectivity index (χ1) is 20.7. The van der Waals surface area contributed by atoms with Crippen LogP contribution in [0.1, 0.15) is 43.7 Å². The summed E-state index contributed by atoms with van der Waals surface area (Å²) >= 11 is 6.33. The minimum absolute atomic E-state index is 0.445. The number of pyridine rings is 1. The Kier molecular flexibility index (Phi) is 8.91. The van der Waals surface area contributed by atoms with E-state index in [1.54, 1.807) is 0 Å². The number of hydrogen-bond acceptors (Lipinski definition) is 6. The summed E-state index contributed by atoms with van der Waals surface area (Å²) in [6.07, 6.45) is -0.956. The molecular formula is C35H44ClN3O4Si. The van der Waals surface area contributed by atoms with Crippen LogP contribution in [-0.2, 0) is 20.8 Å². The SMILES string of the molecule is COC(=O)[C@@H](OC(C)(C)C)c1c(C)c2c3c(cc(C)n3CCN2c2cccc(OCC[Si](C)(C)C)n2)c1-c1ccc(Cl)cc1. The van der Waals surface area contributed by atoms with Gasteiger partial charge in [0.1, 0.15) is 5.82 Å². The molecule has 2 aromatic carbocycles. The Labute approximate surface area is 267 Å². The summed E-state index contributed by atoms with van der Waals surface area (Å²) in [5.74, 6) is 0.981. The van der Waals surface area contributed by atoms with Gasteiger partial charge < -0.3 is 23.7 Å². The zero-order valence-corrected chi connectivity index (χ0v) is 29.1. The molecule has 7 nitrogen and oxygen atoms in total. The van der Waals surface area contributed by atoms with Gasteiger partial charge >= 0.3 is 5.97 Å². The monoisotopic (exact) mass is 633 g/mol. The molecule has 0 saturated carbocycles. The quantitative estimate of drug-likeness (QED) is 0.135. The lowest BCUT2D eigenvalue weighted by Crippen LogP contribution is -2.32. The molecule has 0 bridgehead atoms. The molecule has 1 atom stereocenters. The fraction of sp³-hybridized carbons (Fsp3) is 0.429. The molecular weight excluding hydrogens is 590 g/mol. The van der Waals surface area contributed by atoms with Gasteiger partial charge in [0.2, 0.25) is 5.88 Å². The molecule has 44 heavy (non-hydrogen) atoms. The van der Waals surface area contributed by atoms with E-state index in [2.05, 4.69) is 49.0 Å². The van der Waals surface area contributed by atoms with Crippen LogP contribution < -0.4 is 9.64 Å². The fourth-order valence-electron chi connectivity index (χ4n) is 5.96. The van der Waals surface area contributed by atoms with Crippen molar-refractivity contribution >= 4 is 48.1 Å². The Morgan fingerprint density at radius 2 is 1.77 bits per heavy atom. The third kappa shape index (κ3) is 6.53. The van der Waals surface area contributed by atoms with E-state index in [0.717, 1.165) is 62.9 Å². The zero-order valence-electron chi connectivity index (χ0n) is 27.4. The average Bonchev–Trinajstić information content (AvgIpc) is 3.29. The predicted octanol–water partition coefficient (Wildman–Crippen LogP) is 8.87. The van der Waals surface area contributed by atoms with Crippen LogP contribution in [0.5, 0.6) is 5.88 Å². The van der Waals surface area contributed by atoms with Crippen LogP contribution in [0.15, 0.2) is 48.5 Å². The van der Waals surface area contributed by atoms with Gasteiger partial charge in [0, 0.05) is 48.9 Å². The molecule has 1 aliphatic heterocycles. The first-order valence-electron chi connectivity index (χ1n) is 15.2. The van der Waals surface area contributed by atoms with Gasteiger partial charge in [-0.05, 0) is 81.6 Å². The second kappa shape index (κ2) is 12.2. The van der Waals surface area contributed by atoms with Crippen molar-refractivity contribution in [3.05, 3.63) is 70.4 Å². The molecule has 0 N–H and O–H groups in total. The largest absolute Gasteiger partial charge is 0.478 e. The number of anilines is 2. The van der Waals surface area contributed by atoms with Crippen molar-refractivity contribution in [3.63, 3.8) is 0 Å². The number of halogens is 1. The number of methoxy groups -OCH3 is 1. The van der Waals surface area contributed by atoms with Crippen molar-refractivity contribution in [1.82, 2.24) is 9.55 Å². The van der Waals surface area contributed by atoms with Gasteiger partial charge in [-0.1, -0.05) is 49.4 Å². The van der Waals surface area contributed by atoms with Gasteiger partial charge in [-0.25, -0.2) is 4.79 Å². The number of ether oxygens (including phenoxy) is 3. The molecule has 5 rings (SSSR count). The second-order valence-corrected chi connectivity index (χ2v) is 19.8. The summed E-state index contributed by atoms with van der Waals surface area (Å²) in [6, 6.07) is 17.0. The minimum Gasteiger partial charge on any atom is -0.478 e. The van der Waals surface area contributed by atoms with E-state index in [1.807, 2.05) is 63.2 Å². The summed E-state index contributed by atoms with van der Waals surface area (Å²) in [4.78, 5) is 20.8. The molecule has 0 spiro atoms. The maximum Gasteiger partial charge on any atom is 0.339 e. The highest BCUT2D eigenvalue weighted by Gasteiger charge is 2.37. The highest BCUT2D eigenvalue weighted by molar-refractivity contribution is 6.76. The Morgan fingerprint density at radius 3 is 2.41 bits per heavy atom. The van der Waals surface area contributed by atoms with Gasteiger partial charge in [0.15, 0.2) is 6.10 Å². The first-order valence-corrected chi connectivity index (χ1v) is 19.3. The van der Waals surface area contributed by atoms with Gasteiger partial charge in [0.05, 0.1) is 30.5 Å². The van der Waals surface area contributed by atoms with Crippen LogP contribution in [0.3, 0.4) is 0 Å². The third-order valence-electron chi connectivity index (χ3n) is 8.01. The predicted molar refractivity (Wildman–Crippen MR) is 182 cm³/mol. The maximum absolute atomic E-state index is 13.6. The lowest BCUT2D eigenvalue weighted by atomic mass is 9.87. The van der Waals surface area contributed by atoms with E-state index in [1.165, 1.54) is 7.11 Å². The minimum atomic E-state index is -1.24. The number of rotatable bonds is 9. The standard InChI is InChI=1S/C35H44ClN3O4Si/c1-22-21-26-30(24-13-15-25(36)16-14-24)29(33(34(40)41-6)43-35(3,4)5)23(2)31-32(26)38(22)17-18-39(31)27-11-10-12-28(37-27)42-19-20-44(7,8)9/h10-16,21,33H,17-20H2,1-9H3/t33-/m0/s1. The first kappa shape index (κ1) is 32.1. The highest BCUT2D eigenvalue weighted by atomic mass is 35.5. The summed E-state index contributed by atoms with van der Waals surface area (Å²) in [5, 5.41) is 1.69. The van der Waals surface area contributed by atoms with Crippen LogP contribution >= 0.6 is 11.6 Å². The molecule has 0 radical (unpaired) electrons. The van der Waals surface area contributed by atoms with Crippen LogP contribution in [0.2, 0.25) is 30.7 Å². The number of aromatic nitrogens is 2. The van der Waals surface area contributed by atoms with Gasteiger partial charge in [0.25, 0.3) is 0 Å². The van der Waals surface area contributed by atoms with Crippen LogP contribution in [0.4, 0.5) is 11.5 Å². The van der Waals surface area contributed by atoms with Crippen LogP contribution in [-0.4, -0.2) is 49.5 Å². The van der Waals surface area contributed by atoms with Crippen molar-refractivity contribution in [3.8, 4) is 17.0 Å². The molecule has 1 aliphatic rings. The average molecular weight is 634 g/mol. The molecule has 0 aliphatic carbocycles. The van der Waals surface area contributed by atoms with Gasteiger partial charge in [-0.2, -0.15) is 4.98 Å². The molecule has 0 amide bonds. The lowest BCUT2D eigenvalue weighted by Gasteiger charge is -2.35. The Balaban J connectivity index is 1.76. The summed E-state index contributed by atoms with van der Waals surface area (Å²) < 4.78 is 20.4. The second-order valence-electron chi connectivity index (χ2n) is 13.7. The smallest absolute Gasteiger partial charge is 0.339 e. The summed E-state index contributed by atoms with van der Waals surface area (Å²) in [6.45, 7) is 19.3. The van der Waals surface area contributed by atoms with E-state index in [4.69, 9.17) is 30.8 Å². The molecule has 4 aromatic rings. The van der Waals surface area contributed by atoms with E-state index < -0.39 is 25.7 Å². The molecule has 0 unspecified atom stereocenters. The molecule has 234 valence electrons. The molecule has 9 heteroatoms. The van der Waals surface area contributed by atoms with Crippen molar-refractivity contribution < 1.29 is 19.0 Å². The molecule has 0 saturated heterocycles. The molecule has 2 aromatic heterocycles. The topological polar surface area (TPSA) is 65.8 Å². The van der Waals surface area contributed by atoms with Crippen LogP contribution in [0, 0.1) is 13.8 Å². The maximum atomic E-state index is 13.6. The Morgan fingerprint density at radius 1 is 1.07 bits per heavy atom. The summed E-state index contributed by atoms with van der Waals surface area (Å²) in [7, 11) is 0.168. The highest BCUT2D eigenvalue weighted by Crippen LogP contribution is 2.49. The Bertz CT molecular complexity index is 1690. The number of aryl methyl sites for hydroxylation is 1. The van der Waals surface area contributed by atoms with Crippen molar-refractivity contribution in [2.24, 2.45) is 0 Å². The number of esters is 1. The lowest BCUT2D eigenvalue weighted by molar-refractivity contribution is -0.164. The fourth-order valence-corrected chi connectivity index (χ4v) is 6.80. The van der Waals surface area contributed by atoms with Crippen molar-refractivity contribution in [1.29, 1.82) is 0 Å². The third-order valence-corrected chi connectivity index (χ3v) is 9.97. The summed E-state index contributed by atoms with van der Waals surface area (Å²) in [5.41, 5.74) is 6.26. The van der Waals surface area contributed by atoms with Crippen molar-refractivity contribution in [2.45, 2.75) is 78.6 Å². The van der Waals surface area contributed by atoms with Gasteiger partial charge in [-0.3, -0.25) is 0 Å². The number of nitrogens with zero attached hydrogens (tertiary/aromatic N) is 3. The van der Waals surface area contributed by atoms with Crippen LogP contribution in [0.25, 0.3) is 22.0 Å². The normalized spacial score (nSPS) is 14.2. The van der Waals surface area contributed by atoms with E-state index in [0.29, 0.717) is 24.1 Å². The number of carbonyl (C=O) groups is 1. The molecule has 3 heterocycles. The zero-order chi connectivity index (χ0) is 32.0. The van der Waals surface area contributed by atoms with E-state index in [9.17, 15) is 4.79 Å². The molecule has 0 fully saturated rings. The number of carbonyl (C=O) groups excluding carboxylic acids is 1. The van der Waals surface area contributed by atoms with E-state index in [-0.39, 0.29) is 0 Å². The van der Waals surface area contributed by atoms with E-state index >= 15 is 0 Å². The van der Waals surface area contributed by atoms with Crippen molar-refractivity contribution in [2.75, 3.05) is 25.2 Å². The number of benzene rings is 2. The number of hydrogen-bond donors (Lipinski definition) is 0. The van der Waals surface area contributed by atoms with Gasteiger partial charge in [-0.15, -0.1) is 0 Å².